The van der Waals surface area contributed by atoms with Crippen molar-refractivity contribution in [2.24, 2.45) is 4.40 Å². The molecule has 0 unspecified atom stereocenters. The molecule has 1 aromatic carbocycles. The fourth-order valence-electron chi connectivity index (χ4n) is 2.26. The lowest BCUT2D eigenvalue weighted by molar-refractivity contribution is 0.595. The van der Waals surface area contributed by atoms with Gasteiger partial charge in [0.2, 0.25) is 0 Å². The molecule has 1 N–H and O–H groups in total. The van der Waals surface area contributed by atoms with Crippen LogP contribution in [-0.2, 0) is 10.0 Å². The van der Waals surface area contributed by atoms with Gasteiger partial charge < -0.3 is 0 Å². The summed E-state index contributed by atoms with van der Waals surface area (Å²) in [6.45, 7) is 2.42. The average Bonchev–Trinajstić information content (AvgIpc) is 2.49. The van der Waals surface area contributed by atoms with Crippen LogP contribution in [0.2, 0.25) is 10.0 Å². The van der Waals surface area contributed by atoms with Crippen molar-refractivity contribution in [3.8, 4) is 0 Å². The van der Waals surface area contributed by atoms with Gasteiger partial charge >= 0.3 is 0 Å². The second-order valence-electron chi connectivity index (χ2n) is 4.69. The van der Waals surface area contributed by atoms with Crippen molar-refractivity contribution in [1.29, 1.82) is 0 Å². The number of nitrogens with zero attached hydrogens (tertiary/aromatic N) is 3. The van der Waals surface area contributed by atoms with Crippen molar-refractivity contribution < 1.29 is 8.42 Å². The molecule has 3 rings (SSSR count). The predicted molar refractivity (Wildman–Crippen MR) is 90.6 cm³/mol. The lowest BCUT2D eigenvalue weighted by Gasteiger charge is -2.30. The van der Waals surface area contributed by atoms with Gasteiger partial charge in [0, 0.05) is 17.8 Å². The van der Waals surface area contributed by atoms with E-state index in [0.717, 1.165) is 0 Å². The second kappa shape index (κ2) is 6.09. The maximum absolute atomic E-state index is 12.5. The number of hydrogen-bond acceptors (Lipinski definition) is 5. The van der Waals surface area contributed by atoms with Crippen LogP contribution in [0.4, 0.5) is 5.69 Å². The van der Waals surface area contributed by atoms with E-state index in [2.05, 4.69) is 14.8 Å². The van der Waals surface area contributed by atoms with Crippen LogP contribution in [0, 0.1) is 0 Å². The van der Waals surface area contributed by atoms with Gasteiger partial charge in [0.1, 0.15) is 10.6 Å². The third-order valence-electron chi connectivity index (χ3n) is 3.12. The summed E-state index contributed by atoms with van der Waals surface area (Å²) in [5.41, 5.74) is 3.80. The quantitative estimate of drug-likeness (QED) is 0.898. The fraction of sp³-hybridized carbons (Fsp3) is 0.143. The Morgan fingerprint density at radius 2 is 2.04 bits per heavy atom. The molecule has 9 heteroatoms. The molecule has 120 valence electrons. The van der Waals surface area contributed by atoms with Crippen molar-refractivity contribution in [3.63, 3.8) is 0 Å². The van der Waals surface area contributed by atoms with E-state index in [1.165, 1.54) is 17.1 Å². The van der Waals surface area contributed by atoms with E-state index in [9.17, 15) is 8.42 Å². The zero-order valence-electron chi connectivity index (χ0n) is 12.0. The molecule has 0 saturated heterocycles. The van der Waals surface area contributed by atoms with Gasteiger partial charge in [-0.15, -0.1) is 4.40 Å². The normalized spacial score (nSPS) is 16.0. The smallest absolute Gasteiger partial charge is 0.256 e. The number of sulfonamides is 1. The van der Waals surface area contributed by atoms with Crippen LogP contribution in [0.5, 0.6) is 0 Å². The molecular formula is C14H12Cl2N4O2S. The van der Waals surface area contributed by atoms with Gasteiger partial charge in [0.05, 0.1) is 10.7 Å². The molecule has 1 aromatic heterocycles. The number of hydrogen-bond donors (Lipinski definition) is 1. The number of aromatic nitrogens is 1. The molecule has 6 nitrogen and oxygen atoms in total. The van der Waals surface area contributed by atoms with E-state index in [1.54, 1.807) is 24.4 Å². The minimum absolute atomic E-state index is 0.0271. The lowest BCUT2D eigenvalue weighted by Crippen LogP contribution is -2.46. The van der Waals surface area contributed by atoms with Crippen molar-refractivity contribution in [1.82, 2.24) is 10.4 Å². The summed E-state index contributed by atoms with van der Waals surface area (Å²) in [6.07, 6.45) is 1.56. The summed E-state index contributed by atoms with van der Waals surface area (Å²) < 4.78 is 29.0. The van der Waals surface area contributed by atoms with Crippen LogP contribution in [0.15, 0.2) is 45.8 Å². The van der Waals surface area contributed by atoms with E-state index in [-0.39, 0.29) is 15.8 Å². The molecule has 0 amide bonds. The molecule has 0 aliphatic carbocycles. The van der Waals surface area contributed by atoms with Crippen molar-refractivity contribution >= 4 is 44.7 Å². The first-order chi connectivity index (χ1) is 10.9. The van der Waals surface area contributed by atoms with Gasteiger partial charge in [-0.05, 0) is 24.3 Å². The average molecular weight is 371 g/mol. The SMILES string of the molecule is CCNN1C(c2ccccn2)=NS(=O)(=O)c2c(Cl)cc(Cl)cc21. The van der Waals surface area contributed by atoms with Gasteiger partial charge in [0.15, 0.2) is 5.84 Å². The first-order valence-electron chi connectivity index (χ1n) is 6.73. The Bertz CT molecular complexity index is 885. The Balaban J connectivity index is 2.29. The molecule has 2 heterocycles. The van der Waals surface area contributed by atoms with Crippen LogP contribution < -0.4 is 10.4 Å². The largest absolute Gasteiger partial charge is 0.288 e. The molecule has 0 bridgehead atoms. The summed E-state index contributed by atoms with van der Waals surface area (Å²) in [5, 5.41) is 1.89. The third kappa shape index (κ3) is 2.92. The van der Waals surface area contributed by atoms with Gasteiger partial charge in [-0.2, -0.15) is 8.42 Å². The highest BCUT2D eigenvalue weighted by atomic mass is 35.5. The second-order valence-corrected chi connectivity index (χ2v) is 7.07. The predicted octanol–water partition coefficient (Wildman–Crippen LogP) is 2.87. The zero-order chi connectivity index (χ0) is 16.6. The molecule has 1 aliphatic heterocycles. The number of amidine groups is 1. The van der Waals surface area contributed by atoms with Crippen LogP contribution in [0.1, 0.15) is 12.6 Å². The van der Waals surface area contributed by atoms with E-state index in [0.29, 0.717) is 22.9 Å². The highest BCUT2D eigenvalue weighted by molar-refractivity contribution is 7.90. The number of halogens is 2. The van der Waals surface area contributed by atoms with E-state index in [4.69, 9.17) is 23.2 Å². The van der Waals surface area contributed by atoms with E-state index < -0.39 is 10.0 Å². The van der Waals surface area contributed by atoms with Gasteiger partial charge in [-0.3, -0.25) is 9.99 Å². The van der Waals surface area contributed by atoms with E-state index in [1.807, 2.05) is 6.92 Å². The molecular weight excluding hydrogens is 359 g/mol. The standard InChI is InChI=1S/C14H12Cl2N4O2S/c1-2-18-20-12-8-9(15)7-10(16)13(12)23(21,22)19-14(20)11-5-3-4-6-17-11/h3-8,18H,2H2,1H3. The molecule has 2 aromatic rings. The molecule has 1 aliphatic rings. The summed E-state index contributed by atoms with van der Waals surface area (Å²) >= 11 is 12.1. The number of nitrogens with one attached hydrogen (secondary N) is 1. The van der Waals surface area contributed by atoms with Gasteiger partial charge in [-0.1, -0.05) is 36.2 Å². The minimum Gasteiger partial charge on any atom is -0.256 e. The fourth-order valence-corrected chi connectivity index (χ4v) is 4.25. The topological polar surface area (TPSA) is 74.7 Å². The van der Waals surface area contributed by atoms with Crippen LogP contribution in [0.25, 0.3) is 0 Å². The van der Waals surface area contributed by atoms with Crippen molar-refractivity contribution in [2.75, 3.05) is 11.6 Å². The van der Waals surface area contributed by atoms with Gasteiger partial charge in [0.25, 0.3) is 10.0 Å². The Hall–Kier alpha value is -1.67. The number of benzene rings is 1. The van der Waals surface area contributed by atoms with Crippen LogP contribution in [-0.4, -0.2) is 25.8 Å². The molecule has 0 saturated carbocycles. The van der Waals surface area contributed by atoms with E-state index >= 15 is 0 Å². The highest BCUT2D eigenvalue weighted by Gasteiger charge is 2.34. The monoisotopic (exact) mass is 370 g/mol. The van der Waals surface area contributed by atoms with Crippen molar-refractivity contribution in [3.05, 3.63) is 52.3 Å². The maximum Gasteiger partial charge on any atom is 0.288 e. The summed E-state index contributed by atoms with van der Waals surface area (Å²) in [4.78, 5) is 4.10. The molecule has 23 heavy (non-hydrogen) atoms. The first kappa shape index (κ1) is 16.2. The number of hydrazine groups is 1. The number of rotatable bonds is 3. The minimum atomic E-state index is -3.96. The Kier molecular flexibility index (Phi) is 4.29. The summed E-state index contributed by atoms with van der Waals surface area (Å²) in [5.74, 6) is 0.165. The molecule has 0 fully saturated rings. The maximum atomic E-state index is 12.5. The number of fused-ring (bicyclic) bond motifs is 1. The van der Waals surface area contributed by atoms with Gasteiger partial charge in [-0.25, -0.2) is 5.43 Å². The lowest BCUT2D eigenvalue weighted by atomic mass is 10.2. The first-order valence-corrected chi connectivity index (χ1v) is 8.92. The zero-order valence-corrected chi connectivity index (χ0v) is 14.3. The summed E-state index contributed by atoms with van der Waals surface area (Å²) in [6, 6.07) is 8.07. The summed E-state index contributed by atoms with van der Waals surface area (Å²) in [7, 11) is -3.96. The Morgan fingerprint density at radius 1 is 1.26 bits per heavy atom. The molecule has 0 spiro atoms. The molecule has 0 atom stereocenters. The Labute approximate surface area is 143 Å². The number of anilines is 1. The molecule has 0 radical (unpaired) electrons. The van der Waals surface area contributed by atoms with Crippen LogP contribution >= 0.6 is 23.2 Å². The number of pyridine rings is 1. The Morgan fingerprint density at radius 3 is 2.70 bits per heavy atom. The van der Waals surface area contributed by atoms with Crippen LogP contribution in [0.3, 0.4) is 0 Å². The third-order valence-corrected chi connectivity index (χ3v) is 5.10. The van der Waals surface area contributed by atoms with Crippen molar-refractivity contribution in [2.45, 2.75) is 11.8 Å². The highest BCUT2D eigenvalue weighted by Crippen LogP contribution is 2.39.